The molecule has 1 aliphatic carbocycles. The summed E-state index contributed by atoms with van der Waals surface area (Å²) < 4.78 is 0. The van der Waals surface area contributed by atoms with Crippen molar-refractivity contribution in [1.29, 1.82) is 0 Å². The highest BCUT2D eigenvalue weighted by molar-refractivity contribution is 6.21. The van der Waals surface area contributed by atoms with Gasteiger partial charge < -0.3 is 0 Å². The number of benzene rings is 1. The number of rotatable bonds is 2. The zero-order valence-electron chi connectivity index (χ0n) is 11.0. The van der Waals surface area contributed by atoms with Crippen LogP contribution in [0.15, 0.2) is 58.6 Å². The van der Waals surface area contributed by atoms with Crippen molar-refractivity contribution in [3.05, 3.63) is 59.2 Å². The lowest BCUT2D eigenvalue weighted by Gasteiger charge is -2.13. The standard InChI is InChI=1S/C16H17NO/c1-11-10-16(18)12(2)9-15(11)17-13(3)14-7-5-4-6-8-14/h4-10,13H,1-3H3/t13-/m0/s1. The van der Waals surface area contributed by atoms with Gasteiger partial charge in [-0.3, -0.25) is 9.79 Å². The molecule has 0 fully saturated rings. The third kappa shape index (κ3) is 2.65. The van der Waals surface area contributed by atoms with Crippen molar-refractivity contribution in [3.8, 4) is 0 Å². The highest BCUT2D eigenvalue weighted by atomic mass is 16.1. The third-order valence-electron chi connectivity index (χ3n) is 3.11. The highest BCUT2D eigenvalue weighted by Gasteiger charge is 2.13. The summed E-state index contributed by atoms with van der Waals surface area (Å²) >= 11 is 0. The minimum Gasteiger partial charge on any atom is -0.290 e. The van der Waals surface area contributed by atoms with E-state index in [0.717, 1.165) is 16.9 Å². The predicted octanol–water partition coefficient (Wildman–Crippen LogP) is 3.66. The number of carbonyl (C=O) groups excluding carboxylic acids is 1. The van der Waals surface area contributed by atoms with Crippen molar-refractivity contribution in [2.24, 2.45) is 4.99 Å². The van der Waals surface area contributed by atoms with Gasteiger partial charge >= 0.3 is 0 Å². The molecule has 0 spiro atoms. The van der Waals surface area contributed by atoms with E-state index in [4.69, 9.17) is 4.99 Å². The van der Waals surface area contributed by atoms with Gasteiger partial charge in [-0.05, 0) is 49.6 Å². The van der Waals surface area contributed by atoms with Gasteiger partial charge in [0, 0.05) is 0 Å². The van der Waals surface area contributed by atoms with Crippen molar-refractivity contribution >= 4 is 11.5 Å². The van der Waals surface area contributed by atoms with E-state index in [0.29, 0.717) is 0 Å². The second-order valence-corrected chi connectivity index (χ2v) is 4.62. The molecular weight excluding hydrogens is 222 g/mol. The van der Waals surface area contributed by atoms with Crippen LogP contribution < -0.4 is 0 Å². The molecule has 0 unspecified atom stereocenters. The molecule has 2 heteroatoms. The number of ketones is 1. The van der Waals surface area contributed by atoms with E-state index in [1.807, 2.05) is 38.1 Å². The zero-order valence-corrected chi connectivity index (χ0v) is 11.0. The maximum absolute atomic E-state index is 11.5. The Balaban J connectivity index is 2.29. The first-order valence-electron chi connectivity index (χ1n) is 6.12. The molecule has 0 radical (unpaired) electrons. The second kappa shape index (κ2) is 5.13. The minimum absolute atomic E-state index is 0.0822. The maximum Gasteiger partial charge on any atom is 0.181 e. The topological polar surface area (TPSA) is 29.4 Å². The van der Waals surface area contributed by atoms with Crippen LogP contribution in [-0.2, 0) is 4.79 Å². The molecule has 1 aliphatic rings. The molecule has 1 atom stereocenters. The lowest BCUT2D eigenvalue weighted by Crippen LogP contribution is -2.11. The van der Waals surface area contributed by atoms with E-state index in [1.165, 1.54) is 5.56 Å². The molecule has 0 amide bonds. The molecule has 0 bridgehead atoms. The fraction of sp³-hybridized carbons (Fsp3) is 0.250. The fourth-order valence-electron chi connectivity index (χ4n) is 1.93. The molecule has 0 aliphatic heterocycles. The first-order chi connectivity index (χ1) is 8.58. The SMILES string of the molecule is CC1=CC(=N[C@@H](C)c2ccccc2)C(C)=CC1=O. The van der Waals surface area contributed by atoms with Crippen molar-refractivity contribution in [2.75, 3.05) is 0 Å². The average molecular weight is 239 g/mol. The van der Waals surface area contributed by atoms with Gasteiger partial charge in [0.1, 0.15) is 0 Å². The van der Waals surface area contributed by atoms with Gasteiger partial charge in [0.25, 0.3) is 0 Å². The Morgan fingerprint density at radius 3 is 2.33 bits per heavy atom. The van der Waals surface area contributed by atoms with E-state index >= 15 is 0 Å². The summed E-state index contributed by atoms with van der Waals surface area (Å²) in [6.45, 7) is 5.82. The van der Waals surface area contributed by atoms with Crippen LogP contribution in [0.5, 0.6) is 0 Å². The van der Waals surface area contributed by atoms with Crippen LogP contribution in [0.2, 0.25) is 0 Å². The van der Waals surface area contributed by atoms with Crippen LogP contribution in [0.1, 0.15) is 32.4 Å². The van der Waals surface area contributed by atoms with Crippen LogP contribution in [-0.4, -0.2) is 11.5 Å². The van der Waals surface area contributed by atoms with Crippen molar-refractivity contribution < 1.29 is 4.79 Å². The smallest absolute Gasteiger partial charge is 0.181 e. The summed E-state index contributed by atoms with van der Waals surface area (Å²) in [6.07, 6.45) is 3.53. The minimum atomic E-state index is 0.0822. The Hall–Kier alpha value is -1.96. The van der Waals surface area contributed by atoms with Gasteiger partial charge in [0.05, 0.1) is 11.8 Å². The molecule has 92 valence electrons. The number of aliphatic imine (C=N–C) groups is 1. The van der Waals surface area contributed by atoms with Crippen LogP contribution in [0.3, 0.4) is 0 Å². The normalized spacial score (nSPS) is 19.5. The first-order valence-corrected chi connectivity index (χ1v) is 6.12. The predicted molar refractivity (Wildman–Crippen MR) is 74.8 cm³/mol. The fourth-order valence-corrected chi connectivity index (χ4v) is 1.93. The molecule has 0 saturated heterocycles. The molecule has 0 N–H and O–H groups in total. The number of carbonyl (C=O) groups is 1. The number of hydrogen-bond acceptors (Lipinski definition) is 2. The van der Waals surface area contributed by atoms with E-state index in [1.54, 1.807) is 6.08 Å². The number of nitrogens with zero attached hydrogens (tertiary/aromatic N) is 1. The number of hydrogen-bond donors (Lipinski definition) is 0. The van der Waals surface area contributed by atoms with E-state index in [-0.39, 0.29) is 11.8 Å². The van der Waals surface area contributed by atoms with Crippen LogP contribution in [0.25, 0.3) is 0 Å². The van der Waals surface area contributed by atoms with Gasteiger partial charge in [0.15, 0.2) is 5.78 Å². The van der Waals surface area contributed by atoms with E-state index in [2.05, 4.69) is 19.1 Å². The van der Waals surface area contributed by atoms with Gasteiger partial charge in [0.2, 0.25) is 0 Å². The van der Waals surface area contributed by atoms with Gasteiger partial charge in [-0.1, -0.05) is 30.3 Å². The van der Waals surface area contributed by atoms with Crippen LogP contribution >= 0.6 is 0 Å². The number of allylic oxidation sites excluding steroid dienone is 4. The molecule has 0 heterocycles. The Morgan fingerprint density at radius 1 is 1.00 bits per heavy atom. The summed E-state index contributed by atoms with van der Waals surface area (Å²) in [5.41, 5.74) is 3.78. The quantitative estimate of drug-likeness (QED) is 0.724. The Labute approximate surface area is 108 Å². The Morgan fingerprint density at radius 2 is 1.67 bits per heavy atom. The third-order valence-corrected chi connectivity index (χ3v) is 3.11. The summed E-state index contributed by atoms with van der Waals surface area (Å²) in [7, 11) is 0. The molecule has 0 saturated carbocycles. The molecule has 0 aromatic heterocycles. The lowest BCUT2D eigenvalue weighted by molar-refractivity contribution is -0.111. The average Bonchev–Trinajstić information content (AvgIpc) is 2.37. The zero-order chi connectivity index (χ0) is 13.1. The van der Waals surface area contributed by atoms with Gasteiger partial charge in [-0.25, -0.2) is 0 Å². The lowest BCUT2D eigenvalue weighted by atomic mass is 9.98. The Bertz CT molecular complexity index is 550. The van der Waals surface area contributed by atoms with Crippen molar-refractivity contribution in [3.63, 3.8) is 0 Å². The summed E-state index contributed by atoms with van der Waals surface area (Å²) in [5, 5.41) is 0. The van der Waals surface area contributed by atoms with Crippen LogP contribution in [0.4, 0.5) is 0 Å². The van der Waals surface area contributed by atoms with Crippen molar-refractivity contribution in [1.82, 2.24) is 0 Å². The molecule has 2 nitrogen and oxygen atoms in total. The second-order valence-electron chi connectivity index (χ2n) is 4.62. The molecule has 2 rings (SSSR count). The van der Waals surface area contributed by atoms with E-state index < -0.39 is 0 Å². The van der Waals surface area contributed by atoms with Gasteiger partial charge in [-0.15, -0.1) is 0 Å². The summed E-state index contributed by atoms with van der Waals surface area (Å²) in [4.78, 5) is 16.2. The monoisotopic (exact) mass is 239 g/mol. The van der Waals surface area contributed by atoms with Crippen LogP contribution in [0, 0.1) is 0 Å². The first kappa shape index (κ1) is 12.5. The molecule has 1 aromatic rings. The maximum atomic E-state index is 11.5. The van der Waals surface area contributed by atoms with Gasteiger partial charge in [-0.2, -0.15) is 0 Å². The largest absolute Gasteiger partial charge is 0.290 e. The summed E-state index contributed by atoms with van der Waals surface area (Å²) in [6, 6.07) is 10.3. The molecule has 18 heavy (non-hydrogen) atoms. The molecular formula is C16H17NO. The van der Waals surface area contributed by atoms with Crippen molar-refractivity contribution in [2.45, 2.75) is 26.8 Å². The highest BCUT2D eigenvalue weighted by Crippen LogP contribution is 2.20. The van der Waals surface area contributed by atoms with E-state index in [9.17, 15) is 4.79 Å². The molecule has 1 aromatic carbocycles. The summed E-state index contributed by atoms with van der Waals surface area (Å²) in [5.74, 6) is 0.0822. The Kier molecular flexibility index (Phi) is 3.56.